The van der Waals surface area contributed by atoms with E-state index in [2.05, 4.69) is 6.58 Å². The fourth-order valence-corrected chi connectivity index (χ4v) is 1.92. The maximum absolute atomic E-state index is 10.9. The van der Waals surface area contributed by atoms with Gasteiger partial charge in [-0.05, 0) is 12.8 Å². The van der Waals surface area contributed by atoms with Crippen molar-refractivity contribution < 1.29 is 14.3 Å². The third kappa shape index (κ3) is 1.14. The van der Waals surface area contributed by atoms with Gasteiger partial charge in [0.2, 0.25) is 5.79 Å². The largest absolute Gasteiger partial charge is 0.430 e. The van der Waals surface area contributed by atoms with Crippen LogP contribution in [0.2, 0.25) is 0 Å². The molecule has 12 heavy (non-hydrogen) atoms. The molecule has 2 heterocycles. The molecule has 3 nitrogen and oxygen atoms in total. The van der Waals surface area contributed by atoms with Crippen LogP contribution in [0.3, 0.4) is 0 Å². The maximum atomic E-state index is 10.9. The van der Waals surface area contributed by atoms with Crippen molar-refractivity contribution in [1.82, 2.24) is 0 Å². The SMILES string of the molecule is C=CC(=O)OC12CCC(CC1)O2. The van der Waals surface area contributed by atoms with Crippen molar-refractivity contribution in [3.05, 3.63) is 12.7 Å². The Kier molecular flexibility index (Phi) is 1.68. The molecule has 0 atom stereocenters. The highest BCUT2D eigenvalue weighted by Crippen LogP contribution is 2.44. The van der Waals surface area contributed by atoms with Crippen LogP contribution in [0, 0.1) is 0 Å². The summed E-state index contributed by atoms with van der Waals surface area (Å²) in [5, 5.41) is 0. The number of rotatable bonds is 2. The molecule has 2 saturated heterocycles. The summed E-state index contributed by atoms with van der Waals surface area (Å²) < 4.78 is 10.7. The Labute approximate surface area is 71.3 Å². The summed E-state index contributed by atoms with van der Waals surface area (Å²) in [5.41, 5.74) is 0. The van der Waals surface area contributed by atoms with E-state index in [1.807, 2.05) is 0 Å². The van der Waals surface area contributed by atoms with Crippen LogP contribution < -0.4 is 0 Å². The molecule has 2 rings (SSSR count). The van der Waals surface area contributed by atoms with Crippen LogP contribution >= 0.6 is 0 Å². The quantitative estimate of drug-likeness (QED) is 0.461. The van der Waals surface area contributed by atoms with Crippen LogP contribution in [0.4, 0.5) is 0 Å². The molecule has 0 aliphatic carbocycles. The molecule has 0 aromatic heterocycles. The molecular formula is C9H12O3. The average molecular weight is 168 g/mol. The zero-order valence-electron chi connectivity index (χ0n) is 6.91. The molecule has 0 N–H and O–H groups in total. The fraction of sp³-hybridized carbons (Fsp3) is 0.667. The van der Waals surface area contributed by atoms with Crippen LogP contribution in [0.25, 0.3) is 0 Å². The van der Waals surface area contributed by atoms with Crippen molar-refractivity contribution in [2.45, 2.75) is 37.6 Å². The van der Waals surface area contributed by atoms with Gasteiger partial charge in [-0.2, -0.15) is 0 Å². The van der Waals surface area contributed by atoms with Gasteiger partial charge < -0.3 is 9.47 Å². The Balaban J connectivity index is 2.02. The van der Waals surface area contributed by atoms with E-state index in [4.69, 9.17) is 9.47 Å². The van der Waals surface area contributed by atoms with Gasteiger partial charge in [-0.1, -0.05) is 6.58 Å². The lowest BCUT2D eigenvalue weighted by Gasteiger charge is -2.23. The number of carbonyl (C=O) groups excluding carboxylic acids is 1. The summed E-state index contributed by atoms with van der Waals surface area (Å²) in [6, 6.07) is 0. The zero-order valence-corrected chi connectivity index (χ0v) is 6.91. The van der Waals surface area contributed by atoms with Gasteiger partial charge in [0.15, 0.2) is 0 Å². The number of esters is 1. The van der Waals surface area contributed by atoms with Gasteiger partial charge in [0.05, 0.1) is 6.10 Å². The Bertz CT molecular complexity index is 214. The highest BCUT2D eigenvalue weighted by Gasteiger charge is 2.49. The van der Waals surface area contributed by atoms with Crippen LogP contribution in [0.15, 0.2) is 12.7 Å². The third-order valence-corrected chi connectivity index (χ3v) is 2.53. The Morgan fingerprint density at radius 3 is 2.67 bits per heavy atom. The highest BCUT2D eigenvalue weighted by atomic mass is 16.7. The van der Waals surface area contributed by atoms with Gasteiger partial charge in [-0.15, -0.1) is 0 Å². The molecule has 3 heteroatoms. The lowest BCUT2D eigenvalue weighted by molar-refractivity contribution is -0.200. The zero-order chi connectivity index (χ0) is 8.60. The van der Waals surface area contributed by atoms with E-state index < -0.39 is 5.79 Å². The molecule has 0 spiro atoms. The second-order valence-electron chi connectivity index (χ2n) is 3.35. The summed E-state index contributed by atoms with van der Waals surface area (Å²) in [6.07, 6.45) is 5.23. The van der Waals surface area contributed by atoms with E-state index in [1.165, 1.54) is 6.08 Å². The summed E-state index contributed by atoms with van der Waals surface area (Å²) in [4.78, 5) is 10.9. The van der Waals surface area contributed by atoms with Crippen molar-refractivity contribution >= 4 is 5.97 Å². The van der Waals surface area contributed by atoms with Crippen LogP contribution in [0.5, 0.6) is 0 Å². The molecule has 0 radical (unpaired) electrons. The highest BCUT2D eigenvalue weighted by molar-refractivity contribution is 5.81. The molecule has 2 bridgehead atoms. The normalized spacial score (nSPS) is 38.2. The van der Waals surface area contributed by atoms with Crippen LogP contribution in [0.1, 0.15) is 25.7 Å². The van der Waals surface area contributed by atoms with Gasteiger partial charge in [0, 0.05) is 18.9 Å². The predicted octanol–water partition coefficient (Wildman–Crippen LogP) is 1.38. The molecule has 0 saturated carbocycles. The molecule has 2 fully saturated rings. The number of hydrogen-bond donors (Lipinski definition) is 0. The lowest BCUT2D eigenvalue weighted by Crippen LogP contribution is -2.30. The predicted molar refractivity (Wildman–Crippen MR) is 42.4 cm³/mol. The first-order chi connectivity index (χ1) is 5.74. The van der Waals surface area contributed by atoms with E-state index in [1.54, 1.807) is 0 Å². The molecule has 0 amide bonds. The standard InChI is InChI=1S/C9H12O3/c1-2-8(10)12-9-5-3-7(11-9)4-6-9/h2,7H,1,3-6H2. The molecule has 0 aromatic carbocycles. The van der Waals surface area contributed by atoms with Crippen molar-refractivity contribution in [2.24, 2.45) is 0 Å². The molecule has 66 valence electrons. The average Bonchev–Trinajstić information content (AvgIpc) is 2.63. The van der Waals surface area contributed by atoms with Gasteiger partial charge in [0.1, 0.15) is 0 Å². The maximum Gasteiger partial charge on any atom is 0.332 e. The van der Waals surface area contributed by atoms with E-state index in [0.29, 0.717) is 6.10 Å². The molecular weight excluding hydrogens is 156 g/mol. The minimum atomic E-state index is -0.587. The topological polar surface area (TPSA) is 35.5 Å². The number of fused-ring (bicyclic) bond motifs is 2. The van der Waals surface area contributed by atoms with Crippen molar-refractivity contribution in [3.8, 4) is 0 Å². The van der Waals surface area contributed by atoms with Gasteiger partial charge in [-0.25, -0.2) is 4.79 Å². The van der Waals surface area contributed by atoms with E-state index in [9.17, 15) is 4.79 Å². The summed E-state index contributed by atoms with van der Waals surface area (Å²) >= 11 is 0. The van der Waals surface area contributed by atoms with Crippen LogP contribution in [-0.2, 0) is 14.3 Å². The third-order valence-electron chi connectivity index (χ3n) is 2.53. The molecule has 2 aliphatic heterocycles. The summed E-state index contributed by atoms with van der Waals surface area (Å²) in [7, 11) is 0. The smallest absolute Gasteiger partial charge is 0.332 e. The molecule has 0 aromatic rings. The minimum Gasteiger partial charge on any atom is -0.430 e. The first-order valence-corrected chi connectivity index (χ1v) is 4.27. The van der Waals surface area contributed by atoms with Crippen molar-refractivity contribution in [2.75, 3.05) is 0 Å². The number of ether oxygens (including phenoxy) is 2. The number of carbonyl (C=O) groups is 1. The Morgan fingerprint density at radius 2 is 2.25 bits per heavy atom. The van der Waals surface area contributed by atoms with Gasteiger partial charge in [-0.3, -0.25) is 0 Å². The van der Waals surface area contributed by atoms with E-state index >= 15 is 0 Å². The van der Waals surface area contributed by atoms with E-state index in [-0.39, 0.29) is 5.97 Å². The first-order valence-electron chi connectivity index (χ1n) is 4.27. The Morgan fingerprint density at radius 1 is 1.58 bits per heavy atom. The lowest BCUT2D eigenvalue weighted by atomic mass is 9.98. The second kappa shape index (κ2) is 2.59. The Hall–Kier alpha value is -0.830. The van der Waals surface area contributed by atoms with Gasteiger partial charge >= 0.3 is 5.97 Å². The summed E-state index contributed by atoms with van der Waals surface area (Å²) in [6.45, 7) is 3.35. The van der Waals surface area contributed by atoms with E-state index in [0.717, 1.165) is 25.7 Å². The first kappa shape index (κ1) is 7.80. The minimum absolute atomic E-state index is 0.322. The van der Waals surface area contributed by atoms with Crippen molar-refractivity contribution in [1.29, 1.82) is 0 Å². The summed E-state index contributed by atoms with van der Waals surface area (Å²) in [5.74, 6) is -0.965. The number of hydrogen-bond acceptors (Lipinski definition) is 3. The van der Waals surface area contributed by atoms with Crippen molar-refractivity contribution in [3.63, 3.8) is 0 Å². The molecule has 2 aliphatic rings. The second-order valence-corrected chi connectivity index (χ2v) is 3.35. The van der Waals surface area contributed by atoms with Gasteiger partial charge in [0.25, 0.3) is 0 Å². The monoisotopic (exact) mass is 168 g/mol. The molecule has 0 unspecified atom stereocenters. The van der Waals surface area contributed by atoms with Crippen LogP contribution in [-0.4, -0.2) is 17.9 Å². The fourth-order valence-electron chi connectivity index (χ4n) is 1.92.